The number of anilines is 1. The molecule has 0 saturated carbocycles. The molecule has 2 amide bonds. The smallest absolute Gasteiger partial charge is 0.264 e. The molecular formula is C16H19N3O3S. The van der Waals surface area contributed by atoms with Gasteiger partial charge in [0.15, 0.2) is 5.82 Å². The summed E-state index contributed by atoms with van der Waals surface area (Å²) in [6.45, 7) is 1.73. The number of likely N-dealkylation sites (N-methyl/N-ethyl adjacent to an activating group) is 1. The molecule has 0 unspecified atom stereocenters. The van der Waals surface area contributed by atoms with Crippen molar-refractivity contribution >= 4 is 29.0 Å². The Bertz CT molecular complexity index is 711. The number of nitrogens with zero attached hydrogens (tertiary/aromatic N) is 2. The van der Waals surface area contributed by atoms with Crippen LogP contribution in [0.1, 0.15) is 38.7 Å². The van der Waals surface area contributed by atoms with Crippen molar-refractivity contribution in [3.63, 3.8) is 0 Å². The van der Waals surface area contributed by atoms with E-state index in [9.17, 15) is 9.59 Å². The van der Waals surface area contributed by atoms with Crippen LogP contribution in [0.2, 0.25) is 0 Å². The van der Waals surface area contributed by atoms with Crippen molar-refractivity contribution < 1.29 is 14.1 Å². The van der Waals surface area contributed by atoms with Crippen molar-refractivity contribution in [2.75, 3.05) is 18.9 Å². The fraction of sp³-hybridized carbons (Fsp3) is 0.438. The summed E-state index contributed by atoms with van der Waals surface area (Å²) in [5, 5.41) is 6.32. The van der Waals surface area contributed by atoms with E-state index in [0.29, 0.717) is 16.5 Å². The van der Waals surface area contributed by atoms with Crippen LogP contribution in [0.3, 0.4) is 0 Å². The van der Waals surface area contributed by atoms with E-state index >= 15 is 0 Å². The average molecular weight is 333 g/mol. The summed E-state index contributed by atoms with van der Waals surface area (Å²) in [7, 11) is 1.63. The summed E-state index contributed by atoms with van der Waals surface area (Å²) < 4.78 is 4.89. The third-order valence-electron chi connectivity index (χ3n) is 3.83. The van der Waals surface area contributed by atoms with Gasteiger partial charge in [-0.05, 0) is 44.2 Å². The van der Waals surface area contributed by atoms with Gasteiger partial charge in [-0.1, -0.05) is 5.16 Å². The maximum Gasteiger partial charge on any atom is 0.264 e. The highest BCUT2D eigenvalue weighted by Crippen LogP contribution is 2.30. The van der Waals surface area contributed by atoms with E-state index in [4.69, 9.17) is 4.52 Å². The lowest BCUT2D eigenvalue weighted by Crippen LogP contribution is -2.34. The maximum absolute atomic E-state index is 12.5. The lowest BCUT2D eigenvalue weighted by Gasteiger charge is -2.15. The van der Waals surface area contributed by atoms with Crippen LogP contribution in [0.15, 0.2) is 16.7 Å². The largest absolute Gasteiger partial charge is 0.360 e. The Kier molecular flexibility index (Phi) is 4.47. The Morgan fingerprint density at radius 3 is 2.83 bits per heavy atom. The maximum atomic E-state index is 12.5. The molecule has 0 bridgehead atoms. The van der Waals surface area contributed by atoms with Crippen molar-refractivity contribution in [1.29, 1.82) is 0 Å². The third-order valence-corrected chi connectivity index (χ3v) is 5.06. The normalized spacial score (nSPS) is 13.5. The van der Waals surface area contributed by atoms with Gasteiger partial charge in [0, 0.05) is 18.0 Å². The van der Waals surface area contributed by atoms with Gasteiger partial charge < -0.3 is 14.7 Å². The van der Waals surface area contributed by atoms with Gasteiger partial charge in [0.1, 0.15) is 5.76 Å². The summed E-state index contributed by atoms with van der Waals surface area (Å²) in [4.78, 5) is 27.9. The van der Waals surface area contributed by atoms with Crippen LogP contribution in [0.4, 0.5) is 5.82 Å². The van der Waals surface area contributed by atoms with Crippen molar-refractivity contribution in [3.8, 4) is 0 Å². The molecule has 23 heavy (non-hydrogen) atoms. The predicted molar refractivity (Wildman–Crippen MR) is 87.8 cm³/mol. The number of thiophene rings is 1. The number of carbonyl (C=O) groups is 2. The topological polar surface area (TPSA) is 75.4 Å². The lowest BCUT2D eigenvalue weighted by molar-refractivity contribution is -0.116. The minimum atomic E-state index is -0.296. The van der Waals surface area contributed by atoms with Gasteiger partial charge in [0.2, 0.25) is 5.91 Å². The zero-order valence-electron chi connectivity index (χ0n) is 13.2. The fourth-order valence-corrected chi connectivity index (χ4v) is 3.93. The monoisotopic (exact) mass is 333 g/mol. The standard InChI is InChI=1S/C16H19N3O3S/c1-10-7-14(18-22-10)17-15(20)9-19(2)16(21)13-8-11-5-3-4-6-12(11)23-13/h7-8H,3-6,9H2,1-2H3,(H,17,18,20). The number of carbonyl (C=O) groups excluding carboxylic acids is 2. The van der Waals surface area contributed by atoms with Gasteiger partial charge in [-0.25, -0.2) is 0 Å². The third kappa shape index (κ3) is 3.61. The SMILES string of the molecule is Cc1cc(NC(=O)CN(C)C(=O)c2cc3c(s2)CCCC3)no1. The summed E-state index contributed by atoms with van der Waals surface area (Å²) >= 11 is 1.56. The van der Waals surface area contributed by atoms with Crippen LogP contribution in [0.25, 0.3) is 0 Å². The van der Waals surface area contributed by atoms with Crippen molar-refractivity contribution in [1.82, 2.24) is 10.1 Å². The molecule has 0 fully saturated rings. The van der Waals surface area contributed by atoms with Crippen LogP contribution < -0.4 is 5.32 Å². The molecule has 2 aromatic rings. The van der Waals surface area contributed by atoms with Gasteiger partial charge in [-0.3, -0.25) is 9.59 Å². The average Bonchev–Trinajstić information content (AvgIpc) is 3.12. The van der Waals surface area contributed by atoms with Crippen LogP contribution in [-0.2, 0) is 17.6 Å². The summed E-state index contributed by atoms with van der Waals surface area (Å²) in [5.74, 6) is 0.570. The molecule has 6 nitrogen and oxygen atoms in total. The second-order valence-corrected chi connectivity index (χ2v) is 6.94. The Morgan fingerprint density at radius 1 is 1.35 bits per heavy atom. The molecule has 1 N–H and O–H groups in total. The highest BCUT2D eigenvalue weighted by atomic mass is 32.1. The molecule has 2 heterocycles. The van der Waals surface area contributed by atoms with Crippen molar-refractivity contribution in [3.05, 3.63) is 33.2 Å². The molecule has 7 heteroatoms. The van der Waals surface area contributed by atoms with Crippen LogP contribution in [0.5, 0.6) is 0 Å². The van der Waals surface area contributed by atoms with E-state index in [1.165, 1.54) is 28.2 Å². The van der Waals surface area contributed by atoms with Crippen LogP contribution >= 0.6 is 11.3 Å². The van der Waals surface area contributed by atoms with Crippen LogP contribution in [-0.4, -0.2) is 35.5 Å². The number of fused-ring (bicyclic) bond motifs is 1. The predicted octanol–water partition coefficient (Wildman–Crippen LogP) is 2.63. The first-order valence-corrected chi connectivity index (χ1v) is 8.45. The molecule has 1 aliphatic rings. The van der Waals surface area contributed by atoms with E-state index < -0.39 is 0 Å². The van der Waals surface area contributed by atoms with Gasteiger partial charge in [0.25, 0.3) is 5.91 Å². The minimum Gasteiger partial charge on any atom is -0.360 e. The molecule has 0 saturated heterocycles. The lowest BCUT2D eigenvalue weighted by atomic mass is 9.99. The summed E-state index contributed by atoms with van der Waals surface area (Å²) in [6, 6.07) is 3.62. The quantitative estimate of drug-likeness (QED) is 0.933. The molecule has 1 aliphatic carbocycles. The summed E-state index contributed by atoms with van der Waals surface area (Å²) in [5.41, 5.74) is 1.29. The van der Waals surface area contributed by atoms with E-state index in [2.05, 4.69) is 10.5 Å². The number of rotatable bonds is 4. The molecule has 122 valence electrons. The second-order valence-electron chi connectivity index (χ2n) is 5.80. The highest BCUT2D eigenvalue weighted by Gasteiger charge is 2.21. The van der Waals surface area contributed by atoms with Crippen LogP contribution in [0, 0.1) is 6.92 Å². The molecule has 0 radical (unpaired) electrons. The number of hydrogen-bond donors (Lipinski definition) is 1. The number of nitrogens with one attached hydrogen (secondary N) is 1. The Balaban J connectivity index is 1.60. The molecule has 0 atom stereocenters. The van der Waals surface area contributed by atoms with Gasteiger partial charge in [0.05, 0.1) is 11.4 Å². The van der Waals surface area contributed by atoms with E-state index in [0.717, 1.165) is 12.8 Å². The van der Waals surface area contributed by atoms with Gasteiger partial charge in [-0.2, -0.15) is 0 Å². The number of aryl methyl sites for hydroxylation is 3. The zero-order valence-corrected chi connectivity index (χ0v) is 14.0. The molecule has 2 aromatic heterocycles. The second kappa shape index (κ2) is 6.54. The van der Waals surface area contributed by atoms with E-state index in [-0.39, 0.29) is 18.4 Å². The first-order valence-electron chi connectivity index (χ1n) is 7.63. The zero-order chi connectivity index (χ0) is 16.4. The number of aromatic nitrogens is 1. The Labute approximate surface area is 138 Å². The molecular weight excluding hydrogens is 314 g/mol. The van der Waals surface area contributed by atoms with E-state index in [1.54, 1.807) is 31.4 Å². The Hall–Kier alpha value is -2.15. The van der Waals surface area contributed by atoms with Gasteiger partial charge in [-0.15, -0.1) is 11.3 Å². The molecule has 0 spiro atoms. The molecule has 3 rings (SSSR count). The summed E-state index contributed by atoms with van der Waals surface area (Å²) in [6.07, 6.45) is 4.49. The molecule has 0 aliphatic heterocycles. The highest BCUT2D eigenvalue weighted by molar-refractivity contribution is 7.14. The fourth-order valence-electron chi connectivity index (χ4n) is 2.68. The number of hydrogen-bond acceptors (Lipinski definition) is 5. The first kappa shape index (κ1) is 15.7. The first-order chi connectivity index (χ1) is 11.0. The minimum absolute atomic E-state index is 0.0205. The van der Waals surface area contributed by atoms with E-state index in [1.807, 2.05) is 6.07 Å². The van der Waals surface area contributed by atoms with Crippen molar-refractivity contribution in [2.45, 2.75) is 32.6 Å². The van der Waals surface area contributed by atoms with Crippen molar-refractivity contribution in [2.24, 2.45) is 0 Å². The number of amides is 2. The Morgan fingerprint density at radius 2 is 2.13 bits per heavy atom. The van der Waals surface area contributed by atoms with Gasteiger partial charge >= 0.3 is 0 Å². The molecule has 0 aromatic carbocycles.